The zero-order chi connectivity index (χ0) is 74.6. The second-order valence-corrected chi connectivity index (χ2v) is 27.7. The lowest BCUT2D eigenvalue weighted by Crippen LogP contribution is -2.30. The summed E-state index contributed by atoms with van der Waals surface area (Å²) < 4.78 is 68.4. The first-order valence-corrected chi connectivity index (χ1v) is 41.4. The molecular formula is C83H134O17P2. The van der Waals surface area contributed by atoms with E-state index in [0.717, 1.165) is 186 Å². The minimum absolute atomic E-state index is 0.0564. The van der Waals surface area contributed by atoms with E-state index in [4.69, 9.17) is 37.0 Å². The van der Waals surface area contributed by atoms with Crippen molar-refractivity contribution in [2.24, 2.45) is 0 Å². The molecule has 19 heteroatoms. The van der Waals surface area contributed by atoms with Crippen LogP contribution in [0.5, 0.6) is 0 Å². The highest BCUT2D eigenvalue weighted by Crippen LogP contribution is 2.45. The van der Waals surface area contributed by atoms with Gasteiger partial charge in [0.15, 0.2) is 12.2 Å². The predicted octanol–water partition coefficient (Wildman–Crippen LogP) is 22.2. The van der Waals surface area contributed by atoms with Crippen molar-refractivity contribution in [3.8, 4) is 0 Å². The van der Waals surface area contributed by atoms with Crippen molar-refractivity contribution < 1.29 is 80.2 Å². The SMILES string of the molecule is CC/C=C\C/C=C\C/C=C\C/C=C\C/C=C\CCCC(=O)OCC(COP(=O)(O)OCC(O)COP(=O)(O)OCC(COC(=O)CCCCCCC/C=C\C/C=C\C/C=C\CC)OC(=O)CCCCCCC/C=C\C/C=C\C/C=C\CC)OC(=O)CCCCCCC/C=C\C/C=C\C/C=C\CC. The van der Waals surface area contributed by atoms with Gasteiger partial charge in [0.05, 0.1) is 26.4 Å². The van der Waals surface area contributed by atoms with Gasteiger partial charge in [0.25, 0.3) is 0 Å². The van der Waals surface area contributed by atoms with Crippen LogP contribution in [0.4, 0.5) is 0 Å². The summed E-state index contributed by atoms with van der Waals surface area (Å²) in [5, 5.41) is 10.6. The van der Waals surface area contributed by atoms with Crippen LogP contribution >= 0.6 is 15.6 Å². The predicted molar refractivity (Wildman–Crippen MR) is 417 cm³/mol. The average molecular weight is 1470 g/mol. The van der Waals surface area contributed by atoms with E-state index in [9.17, 15) is 43.2 Å². The Morgan fingerprint density at radius 3 is 0.775 bits per heavy atom. The molecule has 5 atom stereocenters. The van der Waals surface area contributed by atoms with Gasteiger partial charge in [-0.3, -0.25) is 37.3 Å². The largest absolute Gasteiger partial charge is 0.472 e. The molecule has 102 heavy (non-hydrogen) atoms. The third kappa shape index (κ3) is 72.8. The Labute approximate surface area is 616 Å². The smallest absolute Gasteiger partial charge is 0.462 e. The number of carbonyl (C=O) groups excluding carboxylic acids is 4. The third-order valence-electron chi connectivity index (χ3n) is 15.2. The maximum absolute atomic E-state index is 13.1. The monoisotopic (exact) mass is 1460 g/mol. The maximum atomic E-state index is 13.1. The van der Waals surface area contributed by atoms with Gasteiger partial charge in [0.2, 0.25) is 0 Å². The number of esters is 4. The molecule has 0 bridgehead atoms. The van der Waals surface area contributed by atoms with Crippen LogP contribution in [0.2, 0.25) is 0 Å². The number of aliphatic hydroxyl groups excluding tert-OH is 1. The number of hydrogen-bond donors (Lipinski definition) is 3. The maximum Gasteiger partial charge on any atom is 0.472 e. The molecule has 0 aromatic heterocycles. The van der Waals surface area contributed by atoms with Crippen LogP contribution in [0.3, 0.4) is 0 Å². The van der Waals surface area contributed by atoms with E-state index in [0.29, 0.717) is 32.1 Å². The van der Waals surface area contributed by atoms with Gasteiger partial charge >= 0.3 is 39.5 Å². The Hall–Kier alpha value is -5.58. The molecule has 5 unspecified atom stereocenters. The number of hydrogen-bond acceptors (Lipinski definition) is 15. The number of rotatable bonds is 70. The molecule has 0 aliphatic rings. The first kappa shape index (κ1) is 96.4. The van der Waals surface area contributed by atoms with Crippen LogP contribution in [0.25, 0.3) is 0 Å². The van der Waals surface area contributed by atoms with Gasteiger partial charge in [-0.15, -0.1) is 0 Å². The lowest BCUT2D eigenvalue weighted by Gasteiger charge is -2.21. The van der Waals surface area contributed by atoms with Crippen molar-refractivity contribution in [2.75, 3.05) is 39.6 Å². The Bertz CT molecular complexity index is 2600. The second kappa shape index (κ2) is 73.7. The van der Waals surface area contributed by atoms with Gasteiger partial charge in [-0.05, 0) is 161 Å². The highest BCUT2D eigenvalue weighted by atomic mass is 31.2. The van der Waals surface area contributed by atoms with E-state index < -0.39 is 97.5 Å². The second-order valence-electron chi connectivity index (χ2n) is 24.8. The van der Waals surface area contributed by atoms with Gasteiger partial charge in [-0.2, -0.15) is 0 Å². The molecule has 0 amide bonds. The molecule has 0 aromatic rings. The van der Waals surface area contributed by atoms with E-state index in [2.05, 4.69) is 186 Å². The van der Waals surface area contributed by atoms with E-state index in [1.54, 1.807) is 0 Å². The summed E-state index contributed by atoms with van der Waals surface area (Å²) in [5.41, 5.74) is 0. The van der Waals surface area contributed by atoms with Crippen molar-refractivity contribution in [1.29, 1.82) is 0 Å². The van der Waals surface area contributed by atoms with Crippen LogP contribution in [0.15, 0.2) is 170 Å². The number of unbranched alkanes of at least 4 members (excludes halogenated alkanes) is 16. The highest BCUT2D eigenvalue weighted by Gasteiger charge is 2.30. The van der Waals surface area contributed by atoms with Gasteiger partial charge < -0.3 is 33.8 Å². The van der Waals surface area contributed by atoms with Gasteiger partial charge in [0.1, 0.15) is 19.3 Å². The van der Waals surface area contributed by atoms with Crippen LogP contribution in [0.1, 0.15) is 272 Å². The first-order chi connectivity index (χ1) is 49.7. The summed E-state index contributed by atoms with van der Waals surface area (Å²) in [6, 6.07) is 0. The van der Waals surface area contributed by atoms with E-state index in [1.165, 1.54) is 0 Å². The van der Waals surface area contributed by atoms with Crippen molar-refractivity contribution in [1.82, 2.24) is 0 Å². The summed E-state index contributed by atoms with van der Waals surface area (Å²) in [4.78, 5) is 72.9. The van der Waals surface area contributed by atoms with E-state index in [-0.39, 0.29) is 25.7 Å². The normalized spacial score (nSPS) is 14.9. The Morgan fingerprint density at radius 1 is 0.275 bits per heavy atom. The molecule has 17 nitrogen and oxygen atoms in total. The summed E-state index contributed by atoms with van der Waals surface area (Å²) in [5.74, 6) is -2.31. The topological polar surface area (TPSA) is 237 Å². The van der Waals surface area contributed by atoms with Crippen molar-refractivity contribution in [3.63, 3.8) is 0 Å². The van der Waals surface area contributed by atoms with Crippen LogP contribution < -0.4 is 0 Å². The highest BCUT2D eigenvalue weighted by molar-refractivity contribution is 7.47. The minimum atomic E-state index is -5.00. The Kier molecular flexibility index (Phi) is 69.7. The molecule has 0 rings (SSSR count). The molecule has 0 fully saturated rings. The third-order valence-corrected chi connectivity index (χ3v) is 17.1. The van der Waals surface area contributed by atoms with Gasteiger partial charge in [-0.25, -0.2) is 9.13 Å². The van der Waals surface area contributed by atoms with Crippen molar-refractivity contribution in [3.05, 3.63) is 170 Å². The number of allylic oxidation sites excluding steroid dienone is 28. The van der Waals surface area contributed by atoms with E-state index in [1.807, 2.05) is 12.2 Å². The molecule has 0 aliphatic carbocycles. The molecule has 0 saturated carbocycles. The molecule has 0 aliphatic heterocycles. The number of phosphoric ester groups is 2. The van der Waals surface area contributed by atoms with E-state index >= 15 is 0 Å². The van der Waals surface area contributed by atoms with Crippen LogP contribution in [-0.4, -0.2) is 96.7 Å². The lowest BCUT2D eigenvalue weighted by atomic mass is 10.1. The minimum Gasteiger partial charge on any atom is -0.462 e. The number of phosphoric acid groups is 2. The number of aliphatic hydroxyl groups is 1. The van der Waals surface area contributed by atoms with Gasteiger partial charge in [-0.1, -0.05) is 256 Å². The Morgan fingerprint density at radius 2 is 0.490 bits per heavy atom. The van der Waals surface area contributed by atoms with Crippen molar-refractivity contribution >= 4 is 39.5 Å². The summed E-state index contributed by atoms with van der Waals surface area (Å²) >= 11 is 0. The zero-order valence-electron chi connectivity index (χ0n) is 63.0. The van der Waals surface area contributed by atoms with Gasteiger partial charge in [0, 0.05) is 25.7 Å². The molecular weight excluding hydrogens is 1330 g/mol. The molecule has 3 N–H and O–H groups in total. The molecule has 0 spiro atoms. The molecule has 0 aromatic carbocycles. The summed E-state index contributed by atoms with van der Waals surface area (Å²) in [6.07, 6.45) is 86.3. The molecule has 0 saturated heterocycles. The van der Waals surface area contributed by atoms with Crippen molar-refractivity contribution in [2.45, 2.75) is 290 Å². The fourth-order valence-electron chi connectivity index (χ4n) is 9.47. The average Bonchev–Trinajstić information content (AvgIpc) is 0.923. The summed E-state index contributed by atoms with van der Waals surface area (Å²) in [6.45, 7) is 4.27. The number of ether oxygens (including phenoxy) is 4. The van der Waals surface area contributed by atoms with Crippen LogP contribution in [0, 0.1) is 0 Å². The fraction of sp³-hybridized carbons (Fsp3) is 0.614. The zero-order valence-corrected chi connectivity index (χ0v) is 64.8. The Balaban J connectivity index is 5.47. The molecule has 0 heterocycles. The first-order valence-electron chi connectivity index (χ1n) is 38.4. The standard InChI is InChI=1S/C83H134O17P2/c1-5-9-13-17-21-25-29-33-37-38-42-44-48-52-56-60-64-68-81(86)94-74-79(100-83(88)70-66-62-58-54-50-46-41-36-32-28-24-20-16-12-8-4)76-98-102(91,92)96-72-77(84)71-95-101(89,90)97-75-78(99-82(87)69-65-61-57-53-49-45-40-35-31-27-23-19-15-11-7-3)73-93-80(85)67-63-59-55-51-47-43-39-34-30-26-22-18-14-10-6-2/h9-16,21-28,33-37,39-42,44,52,56,77-79,84H,5-8,17-20,29-32,38,43,45-51,53-55,57-76H2,1-4H3,(H,89,90)(H,91,92)/b13-9-,14-10-,15-11-,16-12-,25-21-,26-22-,27-23-,28-24-,37-33-,39-34-,40-35-,41-36-,44-42-,56-52-. The van der Waals surface area contributed by atoms with Crippen LogP contribution in [-0.2, 0) is 65.4 Å². The fourth-order valence-corrected chi connectivity index (χ4v) is 11.1. The molecule has 0 radical (unpaired) electrons. The lowest BCUT2D eigenvalue weighted by molar-refractivity contribution is -0.161. The quantitative estimate of drug-likeness (QED) is 0.0169. The number of carbonyl (C=O) groups is 4. The molecule has 578 valence electrons. The summed E-state index contributed by atoms with van der Waals surface area (Å²) in [7, 11) is -10.00.